The van der Waals surface area contributed by atoms with E-state index in [-0.39, 0.29) is 17.2 Å². The number of nitrogens with one attached hydrogen (secondary N) is 1. The predicted octanol–water partition coefficient (Wildman–Crippen LogP) is 3.89. The van der Waals surface area contributed by atoms with Gasteiger partial charge in [-0.15, -0.1) is 0 Å². The van der Waals surface area contributed by atoms with Crippen LogP contribution in [0, 0.1) is 0 Å². The zero-order chi connectivity index (χ0) is 29.7. The molecule has 0 unspecified atom stereocenters. The molecule has 0 bridgehead atoms. The van der Waals surface area contributed by atoms with E-state index in [9.17, 15) is 19.8 Å². The van der Waals surface area contributed by atoms with Gasteiger partial charge >= 0.3 is 0 Å². The van der Waals surface area contributed by atoms with Gasteiger partial charge in [-0.25, -0.2) is 19.6 Å². The highest BCUT2D eigenvalue weighted by Gasteiger charge is 2.27. The number of nitrogen functional groups attached to an aromatic ring is 1. The second-order valence-electron chi connectivity index (χ2n) is 10.2. The number of aromatic hydroxyl groups is 2. The van der Waals surface area contributed by atoms with E-state index < -0.39 is 17.4 Å². The number of carbonyl (C=O) groups is 2. The van der Waals surface area contributed by atoms with Crippen molar-refractivity contribution in [1.82, 2.24) is 34.6 Å². The Bertz CT molecular complexity index is 2050. The van der Waals surface area contributed by atoms with Crippen LogP contribution in [0.3, 0.4) is 0 Å². The van der Waals surface area contributed by atoms with Gasteiger partial charge < -0.3 is 21.3 Å². The number of rotatable bonds is 6. The number of aldehydes is 1. The number of nitrogens with two attached hydrogens (primary N) is 1. The molecule has 5 N–H and O–H groups in total. The fraction of sp³-hybridized carbons (Fsp3) is 0.0968. The monoisotopic (exact) mass is 572 g/mol. The van der Waals surface area contributed by atoms with Crippen molar-refractivity contribution in [1.29, 1.82) is 0 Å². The van der Waals surface area contributed by atoms with E-state index in [0.717, 1.165) is 22.9 Å². The number of amides is 1. The van der Waals surface area contributed by atoms with Crippen LogP contribution in [0.25, 0.3) is 34.1 Å². The Kier molecular flexibility index (Phi) is 6.08. The van der Waals surface area contributed by atoms with Gasteiger partial charge in [-0.2, -0.15) is 5.10 Å². The zero-order valence-electron chi connectivity index (χ0n) is 22.5. The average molecular weight is 573 g/mol. The maximum atomic E-state index is 13.1. The fourth-order valence-corrected chi connectivity index (χ4v) is 5.51. The number of fused-ring (bicyclic) bond motifs is 2. The topological polar surface area (TPSA) is 174 Å². The number of pyridine rings is 2. The van der Waals surface area contributed by atoms with Gasteiger partial charge in [0.25, 0.3) is 5.91 Å². The normalized spacial score (nSPS) is 14.1. The molecular weight excluding hydrogens is 548 g/mol. The van der Waals surface area contributed by atoms with Gasteiger partial charge in [-0.3, -0.25) is 14.2 Å². The zero-order valence-corrected chi connectivity index (χ0v) is 22.5. The number of phenolic OH excluding ortho intramolecular Hbond substituents is 2. The molecule has 1 aliphatic rings. The Hall–Kier alpha value is -6.04. The molecule has 12 nitrogen and oxygen atoms in total. The number of phenols is 2. The van der Waals surface area contributed by atoms with Crippen LogP contribution in [0.1, 0.15) is 44.3 Å². The van der Waals surface area contributed by atoms with Gasteiger partial charge in [0.05, 0.1) is 22.7 Å². The summed E-state index contributed by atoms with van der Waals surface area (Å²) in [7, 11) is 0. The highest BCUT2D eigenvalue weighted by molar-refractivity contribution is 5.99. The summed E-state index contributed by atoms with van der Waals surface area (Å²) in [4.78, 5) is 38.3. The van der Waals surface area contributed by atoms with Gasteiger partial charge in [0, 0.05) is 30.3 Å². The van der Waals surface area contributed by atoms with Crippen LogP contribution < -0.4 is 11.1 Å². The first kappa shape index (κ1) is 25.9. The molecule has 7 rings (SSSR count). The van der Waals surface area contributed by atoms with Crippen LogP contribution in [0.2, 0.25) is 0 Å². The number of aromatic nitrogens is 6. The lowest BCUT2D eigenvalue weighted by Gasteiger charge is -2.16. The first-order valence-corrected chi connectivity index (χ1v) is 13.5. The van der Waals surface area contributed by atoms with E-state index >= 15 is 0 Å². The Morgan fingerprint density at radius 1 is 1.02 bits per heavy atom. The molecule has 6 aromatic rings. The Labute approximate surface area is 244 Å². The number of hydrogen-bond donors (Lipinski definition) is 4. The van der Waals surface area contributed by atoms with Gasteiger partial charge in [0.2, 0.25) is 0 Å². The Morgan fingerprint density at radius 2 is 1.91 bits per heavy atom. The Morgan fingerprint density at radius 3 is 2.70 bits per heavy atom. The van der Waals surface area contributed by atoms with E-state index in [1.807, 2.05) is 53.2 Å². The Balaban J connectivity index is 1.29. The smallest absolute Gasteiger partial charge is 0.255 e. The summed E-state index contributed by atoms with van der Waals surface area (Å²) >= 11 is 0. The van der Waals surface area contributed by atoms with Gasteiger partial charge in [-0.1, -0.05) is 6.07 Å². The molecule has 1 amide bonds. The van der Waals surface area contributed by atoms with E-state index in [0.29, 0.717) is 53.3 Å². The summed E-state index contributed by atoms with van der Waals surface area (Å²) in [5.41, 5.74) is 10.8. The third kappa shape index (κ3) is 4.41. The lowest BCUT2D eigenvalue weighted by atomic mass is 10.0. The molecule has 0 radical (unpaired) electrons. The second-order valence-corrected chi connectivity index (χ2v) is 10.2. The highest BCUT2D eigenvalue weighted by atomic mass is 16.3. The molecule has 2 aromatic carbocycles. The van der Waals surface area contributed by atoms with Gasteiger partial charge in [-0.05, 0) is 72.5 Å². The molecule has 212 valence electrons. The van der Waals surface area contributed by atoms with Crippen LogP contribution in [0.15, 0.2) is 79.3 Å². The van der Waals surface area contributed by atoms with E-state index in [4.69, 9.17) is 15.7 Å². The van der Waals surface area contributed by atoms with Crippen molar-refractivity contribution in [3.05, 3.63) is 102 Å². The summed E-state index contributed by atoms with van der Waals surface area (Å²) in [6, 6.07) is 17.0. The molecule has 0 fully saturated rings. The molecule has 1 atom stereocenters. The predicted molar refractivity (Wildman–Crippen MR) is 157 cm³/mol. The number of benzene rings is 2. The third-order valence-corrected chi connectivity index (χ3v) is 7.59. The summed E-state index contributed by atoms with van der Waals surface area (Å²) < 4.78 is 3.62. The van der Waals surface area contributed by atoms with Crippen molar-refractivity contribution in [2.75, 3.05) is 5.73 Å². The van der Waals surface area contributed by atoms with Crippen molar-refractivity contribution < 1.29 is 19.8 Å². The first-order valence-electron chi connectivity index (χ1n) is 13.5. The van der Waals surface area contributed by atoms with Crippen LogP contribution in [0.4, 0.5) is 5.82 Å². The quantitative estimate of drug-likeness (QED) is 0.216. The van der Waals surface area contributed by atoms with Crippen LogP contribution in [-0.4, -0.2) is 51.7 Å². The van der Waals surface area contributed by atoms with Crippen molar-refractivity contribution in [3.63, 3.8) is 0 Å². The summed E-state index contributed by atoms with van der Waals surface area (Å²) in [5.74, 6) is 0.197. The van der Waals surface area contributed by atoms with Crippen LogP contribution >= 0.6 is 0 Å². The molecule has 0 aliphatic heterocycles. The molecular formula is C31H24N8O4. The lowest BCUT2D eigenvalue weighted by molar-refractivity contribution is 0.0934. The van der Waals surface area contributed by atoms with Crippen molar-refractivity contribution in [2.45, 2.75) is 18.9 Å². The molecule has 0 saturated heterocycles. The van der Waals surface area contributed by atoms with Gasteiger partial charge in [0.1, 0.15) is 22.8 Å². The van der Waals surface area contributed by atoms with Crippen molar-refractivity contribution in [2.24, 2.45) is 0 Å². The van der Waals surface area contributed by atoms with Gasteiger partial charge in [0.15, 0.2) is 23.6 Å². The summed E-state index contributed by atoms with van der Waals surface area (Å²) in [5, 5.41) is 27.3. The summed E-state index contributed by atoms with van der Waals surface area (Å²) in [6.45, 7) is 0. The lowest BCUT2D eigenvalue weighted by Crippen LogP contribution is -2.27. The second kappa shape index (κ2) is 10.1. The number of nitrogens with zero attached hydrogens (tertiary/aromatic N) is 6. The molecule has 43 heavy (non-hydrogen) atoms. The molecule has 0 spiro atoms. The SMILES string of the molecule is Nc1ncccc1-c1nc2ccc(-n3cccn3)nc2n1-c1ccc2c(c1)CC[C@@H]2NC(=O)c1cc(C=O)c(O)cc1O. The molecule has 1 aliphatic carbocycles. The fourth-order valence-electron chi connectivity index (χ4n) is 5.51. The number of aryl methyl sites for hydroxylation is 1. The first-order chi connectivity index (χ1) is 20.9. The number of anilines is 1. The maximum absolute atomic E-state index is 13.1. The minimum absolute atomic E-state index is 0.0821. The van der Waals surface area contributed by atoms with Crippen molar-refractivity contribution >= 4 is 29.2 Å². The molecule has 4 aromatic heterocycles. The summed E-state index contributed by atoms with van der Waals surface area (Å²) in [6.07, 6.45) is 6.89. The largest absolute Gasteiger partial charge is 0.507 e. The standard InChI is InChI=1S/C31H24N8O4/c32-28-21(3-1-10-33-28)29-35-24-8-9-27(38-12-2-11-34-38)37-30(24)39(29)19-5-6-20-17(13-19)4-7-23(20)36-31(43)22-14-18(16-40)25(41)15-26(22)42/h1-3,5-6,8-16,23,41-42H,4,7H2,(H2,32,33)(H,36,43)/t23-/m0/s1. The average Bonchev–Trinajstić information content (AvgIpc) is 3.76. The van der Waals surface area contributed by atoms with Crippen molar-refractivity contribution in [3.8, 4) is 34.4 Å². The molecule has 12 heteroatoms. The minimum atomic E-state index is -0.548. The number of carbonyl (C=O) groups excluding carboxylic acids is 2. The highest BCUT2D eigenvalue weighted by Crippen LogP contribution is 2.36. The maximum Gasteiger partial charge on any atom is 0.255 e. The van der Waals surface area contributed by atoms with E-state index in [2.05, 4.69) is 15.4 Å². The minimum Gasteiger partial charge on any atom is -0.507 e. The van der Waals surface area contributed by atoms with E-state index in [1.54, 1.807) is 23.1 Å². The van der Waals surface area contributed by atoms with Crippen LogP contribution in [-0.2, 0) is 6.42 Å². The number of imidazole rings is 1. The third-order valence-electron chi connectivity index (χ3n) is 7.59. The molecule has 0 saturated carbocycles. The van der Waals surface area contributed by atoms with Crippen LogP contribution in [0.5, 0.6) is 11.5 Å². The molecule has 4 heterocycles. The number of hydrogen-bond acceptors (Lipinski definition) is 9. The van der Waals surface area contributed by atoms with E-state index in [1.165, 1.54) is 6.07 Å².